The van der Waals surface area contributed by atoms with Gasteiger partial charge in [0.05, 0.1) is 5.56 Å². The van der Waals surface area contributed by atoms with Crippen LogP contribution in [-0.2, 0) is 6.42 Å². The molecule has 0 aromatic heterocycles. The Morgan fingerprint density at radius 1 is 0.921 bits per heavy atom. The van der Waals surface area contributed by atoms with Gasteiger partial charge in [-0.15, -0.1) is 0 Å². The molecule has 1 atom stereocenters. The van der Waals surface area contributed by atoms with Gasteiger partial charge in [-0.25, -0.2) is 4.79 Å². The molecule has 2 aromatic carbocycles. The summed E-state index contributed by atoms with van der Waals surface area (Å²) >= 11 is 0. The number of carbonyl (C=O) groups is 1. The van der Waals surface area contributed by atoms with Crippen molar-refractivity contribution in [1.29, 1.82) is 0 Å². The van der Waals surface area contributed by atoms with Crippen molar-refractivity contribution in [1.82, 2.24) is 0 Å². The van der Waals surface area contributed by atoms with Crippen molar-refractivity contribution in [2.75, 3.05) is 0 Å². The zero-order valence-electron chi connectivity index (χ0n) is 24.5. The van der Waals surface area contributed by atoms with E-state index in [1.54, 1.807) is 12.1 Å². The van der Waals surface area contributed by atoms with Gasteiger partial charge in [-0.3, -0.25) is 0 Å². The van der Waals surface area contributed by atoms with Crippen LogP contribution < -0.4 is 4.74 Å². The molecular weight excluding hydrogens is 468 g/mol. The fourth-order valence-corrected chi connectivity index (χ4v) is 5.31. The summed E-state index contributed by atoms with van der Waals surface area (Å²) in [6, 6.07) is 9.42. The first-order valence-corrected chi connectivity index (χ1v) is 14.1. The molecule has 0 saturated heterocycles. The molecule has 0 saturated carbocycles. The summed E-state index contributed by atoms with van der Waals surface area (Å²) in [6.45, 7) is 15.2. The average Bonchev–Trinajstić information content (AvgIpc) is 2.86. The number of carboxylic acid groups (broad SMARTS) is 1. The Labute approximate surface area is 230 Å². The highest BCUT2D eigenvalue weighted by Crippen LogP contribution is 2.43. The lowest BCUT2D eigenvalue weighted by atomic mass is 9.84. The van der Waals surface area contributed by atoms with Gasteiger partial charge < -0.3 is 9.84 Å². The van der Waals surface area contributed by atoms with Crippen LogP contribution in [0.15, 0.2) is 65.3 Å². The number of aromatic carboxylic acids is 1. The van der Waals surface area contributed by atoms with Crippen LogP contribution in [-0.4, -0.2) is 16.7 Å². The zero-order valence-corrected chi connectivity index (χ0v) is 24.5. The molecule has 0 bridgehead atoms. The van der Waals surface area contributed by atoms with Crippen LogP contribution in [0.3, 0.4) is 0 Å². The summed E-state index contributed by atoms with van der Waals surface area (Å²) in [7, 11) is 0. The maximum absolute atomic E-state index is 11.8. The van der Waals surface area contributed by atoms with E-state index in [2.05, 4.69) is 72.8 Å². The number of rotatable bonds is 11. The third-order valence-electron chi connectivity index (χ3n) is 7.93. The molecule has 1 heterocycles. The van der Waals surface area contributed by atoms with E-state index >= 15 is 0 Å². The Kier molecular flexibility index (Phi) is 10.2. The summed E-state index contributed by atoms with van der Waals surface area (Å²) in [6.07, 6.45) is 15.5. The Balaban J connectivity index is 1.63. The summed E-state index contributed by atoms with van der Waals surface area (Å²) in [5.74, 6) is 0.0930. The Hall–Kier alpha value is -3.07. The number of benzene rings is 2. The third-order valence-corrected chi connectivity index (χ3v) is 7.93. The van der Waals surface area contributed by atoms with Crippen molar-refractivity contribution < 1.29 is 14.6 Å². The van der Waals surface area contributed by atoms with Crippen molar-refractivity contribution in [2.45, 2.75) is 105 Å². The highest BCUT2D eigenvalue weighted by atomic mass is 16.5. The van der Waals surface area contributed by atoms with Gasteiger partial charge in [0.2, 0.25) is 0 Å². The Bertz CT molecular complexity index is 1240. The molecule has 1 aliphatic heterocycles. The molecule has 2 aromatic rings. The van der Waals surface area contributed by atoms with Crippen LogP contribution in [0.1, 0.15) is 107 Å². The third kappa shape index (κ3) is 7.72. The number of ether oxygens (including phenoxy) is 1. The van der Waals surface area contributed by atoms with Crippen LogP contribution in [0.2, 0.25) is 0 Å². The summed E-state index contributed by atoms with van der Waals surface area (Å²) < 4.78 is 6.69. The second kappa shape index (κ2) is 13.1. The number of allylic oxidation sites excluding steroid dienone is 6. The highest BCUT2D eigenvalue weighted by molar-refractivity contribution is 5.96. The van der Waals surface area contributed by atoms with Crippen molar-refractivity contribution >= 4 is 5.97 Å². The Morgan fingerprint density at radius 2 is 1.55 bits per heavy atom. The summed E-state index contributed by atoms with van der Waals surface area (Å²) in [4.78, 5) is 11.8. The number of carboxylic acids is 1. The standard InChI is InChI=1S/C35H46O3/c1-24(2)13-10-14-25(3)15-11-16-26(4)17-12-21-35(7)22-20-29-23-32(27(5)28(6)33(29)38-35)30-18-8-9-19-31(30)34(36)37/h8-9,13,15,17-19,23H,10-12,14,16,20-22H2,1-7H3,(H,36,37)/t35-/m1/s1. The monoisotopic (exact) mass is 514 g/mol. The highest BCUT2D eigenvalue weighted by Gasteiger charge is 2.33. The van der Waals surface area contributed by atoms with Crippen LogP contribution >= 0.6 is 0 Å². The van der Waals surface area contributed by atoms with Gasteiger partial charge in [-0.2, -0.15) is 0 Å². The molecule has 204 valence electrons. The van der Waals surface area contributed by atoms with Crippen molar-refractivity contribution in [2.24, 2.45) is 0 Å². The molecule has 1 aliphatic rings. The first-order chi connectivity index (χ1) is 18.0. The van der Waals surface area contributed by atoms with Crippen molar-refractivity contribution in [3.8, 4) is 16.9 Å². The minimum absolute atomic E-state index is 0.192. The molecule has 0 spiro atoms. The Morgan fingerprint density at radius 3 is 2.21 bits per heavy atom. The lowest BCUT2D eigenvalue weighted by Gasteiger charge is -2.37. The lowest BCUT2D eigenvalue weighted by molar-refractivity contribution is 0.0562. The largest absolute Gasteiger partial charge is 0.487 e. The normalized spacial score (nSPS) is 17.6. The molecule has 3 heteroatoms. The van der Waals surface area contributed by atoms with Gasteiger partial charge in [-0.05, 0) is 140 Å². The number of hydrogen-bond donors (Lipinski definition) is 1. The van der Waals surface area contributed by atoms with Gasteiger partial charge in [0.1, 0.15) is 11.4 Å². The minimum Gasteiger partial charge on any atom is -0.487 e. The van der Waals surface area contributed by atoms with Gasteiger partial charge >= 0.3 is 5.97 Å². The molecule has 0 amide bonds. The van der Waals surface area contributed by atoms with E-state index in [1.807, 2.05) is 12.1 Å². The van der Waals surface area contributed by atoms with Crippen LogP contribution in [0, 0.1) is 13.8 Å². The van der Waals surface area contributed by atoms with Crippen molar-refractivity contribution in [3.05, 3.63) is 87.5 Å². The molecule has 3 rings (SSSR count). The van der Waals surface area contributed by atoms with Crippen LogP contribution in [0.5, 0.6) is 5.75 Å². The fraction of sp³-hybridized carbons (Fsp3) is 0.457. The molecule has 38 heavy (non-hydrogen) atoms. The fourth-order valence-electron chi connectivity index (χ4n) is 5.31. The van der Waals surface area contributed by atoms with Gasteiger partial charge in [0.25, 0.3) is 0 Å². The number of aryl methyl sites for hydroxylation is 1. The van der Waals surface area contributed by atoms with E-state index in [9.17, 15) is 9.90 Å². The van der Waals surface area contributed by atoms with Crippen LogP contribution in [0.25, 0.3) is 11.1 Å². The number of hydrogen-bond acceptors (Lipinski definition) is 2. The van der Waals surface area contributed by atoms with E-state index in [-0.39, 0.29) is 5.60 Å². The predicted molar refractivity (Wildman–Crippen MR) is 160 cm³/mol. The predicted octanol–water partition coefficient (Wildman–Crippen LogP) is 9.95. The van der Waals surface area contributed by atoms with Gasteiger partial charge in [0, 0.05) is 0 Å². The second-order valence-electron chi connectivity index (χ2n) is 11.6. The number of fused-ring (bicyclic) bond motifs is 1. The average molecular weight is 515 g/mol. The molecule has 0 fully saturated rings. The van der Waals surface area contributed by atoms with E-state index < -0.39 is 5.97 Å². The molecular formula is C35H46O3. The smallest absolute Gasteiger partial charge is 0.336 e. The first kappa shape index (κ1) is 29.5. The molecule has 3 nitrogen and oxygen atoms in total. The lowest BCUT2D eigenvalue weighted by Crippen LogP contribution is -2.36. The quantitative estimate of drug-likeness (QED) is 0.303. The van der Waals surface area contributed by atoms with E-state index in [4.69, 9.17) is 4.74 Å². The van der Waals surface area contributed by atoms with Gasteiger partial charge in [-0.1, -0.05) is 53.1 Å². The second-order valence-corrected chi connectivity index (χ2v) is 11.6. The SMILES string of the molecule is CC(C)=CCCC(C)=CCCC(C)=CCC[C@]1(C)CCc2cc(-c3ccccc3C(=O)O)c(C)c(C)c2O1. The van der Waals surface area contributed by atoms with E-state index in [0.29, 0.717) is 5.56 Å². The van der Waals surface area contributed by atoms with Gasteiger partial charge in [0.15, 0.2) is 0 Å². The summed E-state index contributed by atoms with van der Waals surface area (Å²) in [5.41, 5.74) is 9.62. The zero-order chi connectivity index (χ0) is 27.9. The topological polar surface area (TPSA) is 46.5 Å². The van der Waals surface area contributed by atoms with Crippen LogP contribution in [0.4, 0.5) is 0 Å². The molecule has 0 radical (unpaired) electrons. The maximum atomic E-state index is 11.8. The molecule has 1 N–H and O–H groups in total. The maximum Gasteiger partial charge on any atom is 0.336 e. The minimum atomic E-state index is -0.895. The summed E-state index contributed by atoms with van der Waals surface area (Å²) in [5, 5.41) is 9.70. The first-order valence-electron chi connectivity index (χ1n) is 14.1. The molecule has 0 unspecified atom stereocenters. The van der Waals surface area contributed by atoms with E-state index in [0.717, 1.165) is 79.4 Å². The molecule has 0 aliphatic carbocycles. The van der Waals surface area contributed by atoms with E-state index in [1.165, 1.54) is 22.3 Å². The van der Waals surface area contributed by atoms with Crippen molar-refractivity contribution in [3.63, 3.8) is 0 Å².